The van der Waals surface area contributed by atoms with E-state index in [0.717, 1.165) is 30.7 Å². The van der Waals surface area contributed by atoms with Gasteiger partial charge in [-0.3, -0.25) is 14.2 Å². The first-order valence-corrected chi connectivity index (χ1v) is 12.4. The standard InChI is InChI=1S/C27H25N3O3S/c31-25(28-21-7-2-1-3-8-21)20-14-12-19(13-15-20)18-34-27-29-24-11-5-4-10-23(24)26(32)30(27)17-22-9-6-16-33-22/h1-5,7-8,10-15,22H,6,9,16-18H2,(H,28,31). The van der Waals surface area contributed by atoms with Crippen LogP contribution >= 0.6 is 11.8 Å². The quantitative estimate of drug-likeness (QED) is 0.299. The van der Waals surface area contributed by atoms with Crippen molar-refractivity contribution in [2.45, 2.75) is 36.4 Å². The first-order chi connectivity index (χ1) is 16.7. The summed E-state index contributed by atoms with van der Waals surface area (Å²) in [4.78, 5) is 30.5. The molecule has 5 rings (SSSR count). The zero-order valence-corrected chi connectivity index (χ0v) is 19.5. The van der Waals surface area contributed by atoms with E-state index in [1.807, 2.05) is 78.9 Å². The molecule has 1 aromatic heterocycles. The summed E-state index contributed by atoms with van der Waals surface area (Å²) < 4.78 is 7.54. The maximum Gasteiger partial charge on any atom is 0.262 e. The zero-order valence-electron chi connectivity index (χ0n) is 18.6. The number of aromatic nitrogens is 2. The molecule has 34 heavy (non-hydrogen) atoms. The normalized spacial score (nSPS) is 15.5. The minimum atomic E-state index is -0.146. The number of hydrogen-bond acceptors (Lipinski definition) is 5. The fourth-order valence-electron chi connectivity index (χ4n) is 4.04. The second-order valence-corrected chi connectivity index (χ2v) is 9.21. The topological polar surface area (TPSA) is 73.2 Å². The van der Waals surface area contributed by atoms with Gasteiger partial charge in [-0.1, -0.05) is 54.2 Å². The number of para-hydroxylation sites is 2. The Balaban J connectivity index is 1.33. The van der Waals surface area contributed by atoms with Crippen molar-refractivity contribution in [1.82, 2.24) is 9.55 Å². The fourth-order valence-corrected chi connectivity index (χ4v) is 5.00. The molecule has 1 aliphatic heterocycles. The van der Waals surface area contributed by atoms with Gasteiger partial charge in [0.25, 0.3) is 11.5 Å². The lowest BCUT2D eigenvalue weighted by Gasteiger charge is -2.16. The van der Waals surface area contributed by atoms with Gasteiger partial charge in [-0.25, -0.2) is 4.98 Å². The Morgan fingerprint density at radius 3 is 2.56 bits per heavy atom. The zero-order chi connectivity index (χ0) is 23.3. The number of carbonyl (C=O) groups is 1. The molecule has 0 radical (unpaired) electrons. The molecular weight excluding hydrogens is 446 g/mol. The van der Waals surface area contributed by atoms with E-state index in [4.69, 9.17) is 9.72 Å². The van der Waals surface area contributed by atoms with E-state index in [2.05, 4.69) is 5.32 Å². The van der Waals surface area contributed by atoms with Gasteiger partial charge in [0.1, 0.15) is 0 Å². The van der Waals surface area contributed by atoms with Gasteiger partial charge < -0.3 is 10.1 Å². The predicted octanol–water partition coefficient (Wildman–Crippen LogP) is 5.12. The number of fused-ring (bicyclic) bond motifs is 1. The highest BCUT2D eigenvalue weighted by Gasteiger charge is 2.20. The summed E-state index contributed by atoms with van der Waals surface area (Å²) in [7, 11) is 0. The average Bonchev–Trinajstić information content (AvgIpc) is 3.39. The van der Waals surface area contributed by atoms with Crippen LogP contribution in [0.25, 0.3) is 10.9 Å². The molecular formula is C27H25N3O3S. The maximum absolute atomic E-state index is 13.2. The van der Waals surface area contributed by atoms with Crippen LogP contribution in [0.3, 0.4) is 0 Å². The van der Waals surface area contributed by atoms with E-state index in [-0.39, 0.29) is 17.6 Å². The number of amides is 1. The molecule has 1 fully saturated rings. The second kappa shape index (κ2) is 10.2. The van der Waals surface area contributed by atoms with Gasteiger partial charge in [0, 0.05) is 23.6 Å². The number of ether oxygens (including phenoxy) is 1. The van der Waals surface area contributed by atoms with Crippen molar-refractivity contribution in [3.63, 3.8) is 0 Å². The lowest BCUT2D eigenvalue weighted by atomic mass is 10.1. The van der Waals surface area contributed by atoms with Crippen molar-refractivity contribution >= 4 is 34.3 Å². The number of carbonyl (C=O) groups excluding carboxylic acids is 1. The third-order valence-electron chi connectivity index (χ3n) is 5.85. The number of anilines is 1. The monoisotopic (exact) mass is 471 g/mol. The fraction of sp³-hybridized carbons (Fsp3) is 0.222. The molecule has 0 aliphatic carbocycles. The van der Waals surface area contributed by atoms with Gasteiger partial charge in [0.05, 0.1) is 23.6 Å². The van der Waals surface area contributed by atoms with Crippen molar-refractivity contribution in [2.75, 3.05) is 11.9 Å². The number of benzene rings is 3. The molecule has 1 amide bonds. The van der Waals surface area contributed by atoms with Crippen LogP contribution in [-0.2, 0) is 17.0 Å². The molecule has 6 nitrogen and oxygen atoms in total. The van der Waals surface area contributed by atoms with Gasteiger partial charge >= 0.3 is 0 Å². The number of rotatable bonds is 7. The Morgan fingerprint density at radius 2 is 1.79 bits per heavy atom. The number of nitrogens with zero attached hydrogens (tertiary/aromatic N) is 2. The molecule has 4 aromatic rings. The highest BCUT2D eigenvalue weighted by Crippen LogP contribution is 2.24. The lowest BCUT2D eigenvalue weighted by molar-refractivity contribution is 0.0937. The van der Waals surface area contributed by atoms with Crippen LogP contribution in [0.15, 0.2) is 88.8 Å². The smallest absolute Gasteiger partial charge is 0.262 e. The summed E-state index contributed by atoms with van der Waals surface area (Å²) in [5.74, 6) is 0.490. The molecule has 3 aromatic carbocycles. The minimum Gasteiger partial charge on any atom is -0.376 e. The molecule has 1 N–H and O–H groups in total. The molecule has 0 spiro atoms. The Labute approximate surface area is 202 Å². The molecule has 2 heterocycles. The third kappa shape index (κ3) is 5.05. The molecule has 7 heteroatoms. The summed E-state index contributed by atoms with van der Waals surface area (Å²) in [5.41, 5.74) is 3.07. The van der Waals surface area contributed by atoms with Crippen LogP contribution < -0.4 is 10.9 Å². The highest BCUT2D eigenvalue weighted by atomic mass is 32.2. The minimum absolute atomic E-state index is 0.0310. The van der Waals surface area contributed by atoms with Gasteiger partial charge in [0.2, 0.25) is 0 Å². The van der Waals surface area contributed by atoms with Crippen LogP contribution in [-0.4, -0.2) is 28.2 Å². The number of thioether (sulfide) groups is 1. The SMILES string of the molecule is O=C(Nc1ccccc1)c1ccc(CSc2nc3ccccc3c(=O)n2CC2CCCO2)cc1. The highest BCUT2D eigenvalue weighted by molar-refractivity contribution is 7.98. The Hall–Kier alpha value is -3.42. The van der Waals surface area contributed by atoms with Crippen LogP contribution in [0, 0.1) is 0 Å². The van der Waals surface area contributed by atoms with E-state index < -0.39 is 0 Å². The van der Waals surface area contributed by atoms with Crippen molar-refractivity contribution in [1.29, 1.82) is 0 Å². The van der Waals surface area contributed by atoms with Crippen molar-refractivity contribution < 1.29 is 9.53 Å². The molecule has 0 bridgehead atoms. The molecule has 1 unspecified atom stereocenters. The van der Waals surface area contributed by atoms with Gasteiger partial charge in [0.15, 0.2) is 5.16 Å². The van der Waals surface area contributed by atoms with Crippen molar-refractivity contribution in [2.24, 2.45) is 0 Å². The van der Waals surface area contributed by atoms with E-state index >= 15 is 0 Å². The second-order valence-electron chi connectivity index (χ2n) is 8.27. The number of nitrogens with one attached hydrogen (secondary N) is 1. The maximum atomic E-state index is 13.2. The first kappa shape index (κ1) is 22.4. The molecule has 1 aliphatic rings. The van der Waals surface area contributed by atoms with E-state index in [1.165, 1.54) is 11.8 Å². The van der Waals surface area contributed by atoms with E-state index in [0.29, 0.717) is 33.9 Å². The predicted molar refractivity (Wildman–Crippen MR) is 135 cm³/mol. The summed E-state index contributed by atoms with van der Waals surface area (Å²) in [6.45, 7) is 1.25. The van der Waals surface area contributed by atoms with E-state index in [1.54, 1.807) is 4.57 Å². The average molecular weight is 472 g/mol. The van der Waals surface area contributed by atoms with Crippen LogP contribution in [0.4, 0.5) is 5.69 Å². The van der Waals surface area contributed by atoms with E-state index in [9.17, 15) is 9.59 Å². The van der Waals surface area contributed by atoms with Crippen molar-refractivity contribution in [3.05, 3.63) is 100 Å². The molecule has 1 saturated heterocycles. The molecule has 172 valence electrons. The number of hydrogen-bond donors (Lipinski definition) is 1. The summed E-state index contributed by atoms with van der Waals surface area (Å²) in [5, 5.41) is 4.21. The Bertz CT molecular complexity index is 1350. The van der Waals surface area contributed by atoms with Gasteiger partial charge in [-0.05, 0) is 54.8 Å². The van der Waals surface area contributed by atoms with Crippen LogP contribution in [0.5, 0.6) is 0 Å². The van der Waals surface area contributed by atoms with Gasteiger partial charge in [-0.15, -0.1) is 0 Å². The summed E-state index contributed by atoms with van der Waals surface area (Å²) >= 11 is 1.53. The Kier molecular flexibility index (Phi) is 6.74. The third-order valence-corrected chi connectivity index (χ3v) is 6.90. The summed E-state index contributed by atoms with van der Waals surface area (Å²) in [6.07, 6.45) is 2.02. The molecule has 1 atom stereocenters. The van der Waals surface area contributed by atoms with Crippen LogP contribution in [0.2, 0.25) is 0 Å². The largest absolute Gasteiger partial charge is 0.376 e. The Morgan fingerprint density at radius 1 is 1.03 bits per heavy atom. The van der Waals surface area contributed by atoms with Crippen molar-refractivity contribution in [3.8, 4) is 0 Å². The lowest BCUT2D eigenvalue weighted by Crippen LogP contribution is -2.28. The summed E-state index contributed by atoms with van der Waals surface area (Å²) in [6, 6.07) is 24.4. The first-order valence-electron chi connectivity index (χ1n) is 11.4. The van der Waals surface area contributed by atoms with Gasteiger partial charge in [-0.2, -0.15) is 0 Å². The molecule has 0 saturated carbocycles. The van der Waals surface area contributed by atoms with Crippen LogP contribution in [0.1, 0.15) is 28.8 Å².